The second-order valence-electron chi connectivity index (χ2n) is 5.97. The van der Waals surface area contributed by atoms with Crippen LogP contribution in [0.3, 0.4) is 0 Å². The van der Waals surface area contributed by atoms with Crippen molar-refractivity contribution in [1.29, 1.82) is 0 Å². The first-order chi connectivity index (χ1) is 14.1. The van der Waals surface area contributed by atoms with Crippen LogP contribution in [0.15, 0.2) is 54.6 Å². The van der Waals surface area contributed by atoms with Gasteiger partial charge in [-0.1, -0.05) is 18.2 Å². The summed E-state index contributed by atoms with van der Waals surface area (Å²) < 4.78 is 28.8. The smallest absolute Gasteiger partial charge is 0.328 e. The molecule has 6 nitrogen and oxygen atoms in total. The molecule has 2 aromatic rings. The van der Waals surface area contributed by atoms with Gasteiger partial charge in [0.2, 0.25) is 0 Å². The Morgan fingerprint density at radius 2 is 1.69 bits per heavy atom. The molecular formula is C21H24FNO5S. The molecule has 0 radical (unpaired) electrons. The van der Waals surface area contributed by atoms with E-state index in [-0.39, 0.29) is 25.6 Å². The van der Waals surface area contributed by atoms with Crippen LogP contribution in [0.5, 0.6) is 11.5 Å². The molecule has 0 spiro atoms. The number of amides is 1. The number of carbonyl (C=O) groups is 2. The standard InChI is InChI=1S/C21H24FNO5S/c1-29-14-11-19(23-20(24)15-28-17-5-3-2-4-6-17)21(25)27-13-12-26-18-9-7-16(22)8-10-18/h2-10,19H,11-15H2,1H3,(H,23,24). The lowest BCUT2D eigenvalue weighted by atomic mass is 10.2. The molecule has 0 fully saturated rings. The molecule has 0 aliphatic carbocycles. The second-order valence-corrected chi connectivity index (χ2v) is 6.96. The average Bonchev–Trinajstić information content (AvgIpc) is 2.74. The van der Waals surface area contributed by atoms with Crippen molar-refractivity contribution in [3.8, 4) is 11.5 Å². The highest BCUT2D eigenvalue weighted by Crippen LogP contribution is 2.11. The summed E-state index contributed by atoms with van der Waals surface area (Å²) in [6, 6.07) is 13.7. The van der Waals surface area contributed by atoms with Crippen molar-refractivity contribution in [2.24, 2.45) is 0 Å². The summed E-state index contributed by atoms with van der Waals surface area (Å²) in [6.07, 6.45) is 2.36. The predicted octanol–water partition coefficient (Wildman–Crippen LogP) is 3.06. The third kappa shape index (κ3) is 8.87. The van der Waals surface area contributed by atoms with E-state index in [1.807, 2.05) is 12.3 Å². The Balaban J connectivity index is 1.75. The summed E-state index contributed by atoms with van der Waals surface area (Å²) in [6.45, 7) is -0.0548. The number of para-hydroxylation sites is 1. The number of ether oxygens (including phenoxy) is 3. The molecule has 156 valence electrons. The number of benzene rings is 2. The molecule has 2 aromatic carbocycles. The van der Waals surface area contributed by atoms with E-state index in [2.05, 4.69) is 5.32 Å². The zero-order chi connectivity index (χ0) is 20.9. The third-order valence-corrected chi connectivity index (χ3v) is 4.40. The number of hydrogen-bond donors (Lipinski definition) is 1. The van der Waals surface area contributed by atoms with Gasteiger partial charge in [0.15, 0.2) is 6.61 Å². The van der Waals surface area contributed by atoms with E-state index < -0.39 is 17.9 Å². The monoisotopic (exact) mass is 421 g/mol. The van der Waals surface area contributed by atoms with Gasteiger partial charge < -0.3 is 19.5 Å². The summed E-state index contributed by atoms with van der Waals surface area (Å²) in [4.78, 5) is 24.5. The molecule has 0 bridgehead atoms. The van der Waals surface area contributed by atoms with Crippen molar-refractivity contribution < 1.29 is 28.2 Å². The SMILES string of the molecule is CSCCC(NC(=O)COc1ccccc1)C(=O)OCCOc1ccc(F)cc1. The average molecular weight is 421 g/mol. The van der Waals surface area contributed by atoms with Crippen molar-refractivity contribution >= 4 is 23.6 Å². The van der Waals surface area contributed by atoms with Crippen LogP contribution in [0.1, 0.15) is 6.42 Å². The molecular weight excluding hydrogens is 397 g/mol. The number of rotatable bonds is 12. The van der Waals surface area contributed by atoms with Gasteiger partial charge in [-0.3, -0.25) is 4.79 Å². The third-order valence-electron chi connectivity index (χ3n) is 3.75. The lowest BCUT2D eigenvalue weighted by Crippen LogP contribution is -2.44. The van der Waals surface area contributed by atoms with Gasteiger partial charge in [0.05, 0.1) is 0 Å². The topological polar surface area (TPSA) is 73.9 Å². The molecule has 0 heterocycles. The Kier molecular flexibility index (Phi) is 9.85. The van der Waals surface area contributed by atoms with Crippen molar-refractivity contribution in [1.82, 2.24) is 5.32 Å². The Bertz CT molecular complexity index is 757. The summed E-state index contributed by atoms with van der Waals surface area (Å²) in [5, 5.41) is 2.65. The maximum absolute atomic E-state index is 12.9. The highest BCUT2D eigenvalue weighted by molar-refractivity contribution is 7.98. The van der Waals surface area contributed by atoms with E-state index >= 15 is 0 Å². The Hall–Kier alpha value is -2.74. The molecule has 0 saturated heterocycles. The molecule has 0 aliphatic heterocycles. The van der Waals surface area contributed by atoms with Crippen LogP contribution in [0.4, 0.5) is 4.39 Å². The van der Waals surface area contributed by atoms with Crippen molar-refractivity contribution in [2.75, 3.05) is 31.8 Å². The first kappa shape index (κ1) is 22.5. The molecule has 0 saturated carbocycles. The van der Waals surface area contributed by atoms with Crippen LogP contribution in [-0.2, 0) is 14.3 Å². The van der Waals surface area contributed by atoms with Crippen molar-refractivity contribution in [3.63, 3.8) is 0 Å². The molecule has 2 rings (SSSR count). The number of halogens is 1. The van der Waals surface area contributed by atoms with E-state index in [0.29, 0.717) is 23.7 Å². The van der Waals surface area contributed by atoms with E-state index in [1.54, 1.807) is 36.0 Å². The van der Waals surface area contributed by atoms with Crippen LogP contribution in [0, 0.1) is 5.82 Å². The normalized spacial score (nSPS) is 11.4. The second kappa shape index (κ2) is 12.7. The fourth-order valence-electron chi connectivity index (χ4n) is 2.32. The van der Waals surface area contributed by atoms with E-state index in [4.69, 9.17) is 14.2 Å². The minimum Gasteiger partial charge on any atom is -0.490 e. The molecule has 1 unspecified atom stereocenters. The van der Waals surface area contributed by atoms with E-state index in [9.17, 15) is 14.0 Å². The van der Waals surface area contributed by atoms with Gasteiger partial charge in [-0.15, -0.1) is 0 Å². The molecule has 1 amide bonds. The lowest BCUT2D eigenvalue weighted by Gasteiger charge is -2.17. The minimum absolute atomic E-state index is 0.0162. The quantitative estimate of drug-likeness (QED) is 0.419. The fourth-order valence-corrected chi connectivity index (χ4v) is 2.79. The van der Waals surface area contributed by atoms with Crippen LogP contribution in [0.25, 0.3) is 0 Å². The number of hydrogen-bond acceptors (Lipinski definition) is 6. The highest BCUT2D eigenvalue weighted by atomic mass is 32.2. The first-order valence-electron chi connectivity index (χ1n) is 9.09. The molecule has 8 heteroatoms. The summed E-state index contributed by atoms with van der Waals surface area (Å²) >= 11 is 1.57. The summed E-state index contributed by atoms with van der Waals surface area (Å²) in [5.74, 6) is 0.448. The highest BCUT2D eigenvalue weighted by Gasteiger charge is 2.22. The van der Waals surface area contributed by atoms with E-state index in [0.717, 1.165) is 0 Å². The number of carbonyl (C=O) groups excluding carboxylic acids is 2. The minimum atomic E-state index is -0.764. The van der Waals surface area contributed by atoms with Gasteiger partial charge >= 0.3 is 5.97 Å². The zero-order valence-corrected chi connectivity index (χ0v) is 17.0. The van der Waals surface area contributed by atoms with Crippen LogP contribution in [0.2, 0.25) is 0 Å². The van der Waals surface area contributed by atoms with Crippen LogP contribution < -0.4 is 14.8 Å². The fraction of sp³-hybridized carbons (Fsp3) is 0.333. The lowest BCUT2D eigenvalue weighted by molar-refractivity contribution is -0.148. The maximum Gasteiger partial charge on any atom is 0.328 e. The Morgan fingerprint density at radius 1 is 1.00 bits per heavy atom. The number of thioether (sulfide) groups is 1. The molecule has 29 heavy (non-hydrogen) atoms. The van der Waals surface area contributed by atoms with Crippen LogP contribution in [-0.4, -0.2) is 49.7 Å². The Labute approximate surface area is 173 Å². The van der Waals surface area contributed by atoms with Crippen LogP contribution >= 0.6 is 11.8 Å². The predicted molar refractivity (Wildman–Crippen MR) is 110 cm³/mol. The summed E-state index contributed by atoms with van der Waals surface area (Å²) in [5.41, 5.74) is 0. The van der Waals surface area contributed by atoms with E-state index in [1.165, 1.54) is 24.3 Å². The van der Waals surface area contributed by atoms with Crippen molar-refractivity contribution in [3.05, 3.63) is 60.4 Å². The molecule has 1 N–H and O–H groups in total. The maximum atomic E-state index is 12.9. The zero-order valence-electron chi connectivity index (χ0n) is 16.1. The van der Waals surface area contributed by atoms with Gasteiger partial charge in [-0.2, -0.15) is 11.8 Å². The summed E-state index contributed by atoms with van der Waals surface area (Å²) in [7, 11) is 0. The first-order valence-corrected chi connectivity index (χ1v) is 10.5. The van der Waals surface area contributed by atoms with Crippen molar-refractivity contribution in [2.45, 2.75) is 12.5 Å². The number of esters is 1. The molecule has 0 aromatic heterocycles. The number of nitrogens with one attached hydrogen (secondary N) is 1. The van der Waals surface area contributed by atoms with Gasteiger partial charge in [0, 0.05) is 0 Å². The molecule has 1 atom stereocenters. The largest absolute Gasteiger partial charge is 0.490 e. The van der Waals surface area contributed by atoms with Gasteiger partial charge in [-0.25, -0.2) is 9.18 Å². The Morgan fingerprint density at radius 3 is 2.38 bits per heavy atom. The van der Waals surface area contributed by atoms with Gasteiger partial charge in [-0.05, 0) is 54.8 Å². The van der Waals surface area contributed by atoms with Gasteiger partial charge in [0.25, 0.3) is 5.91 Å². The molecule has 0 aliphatic rings. The van der Waals surface area contributed by atoms with Gasteiger partial charge in [0.1, 0.15) is 36.6 Å².